The second-order valence-corrected chi connectivity index (χ2v) is 5.09. The Hall–Kier alpha value is -3.22. The van der Waals surface area contributed by atoms with Gasteiger partial charge < -0.3 is 24.8 Å². The molecule has 7 nitrogen and oxygen atoms in total. The van der Waals surface area contributed by atoms with Crippen molar-refractivity contribution in [2.45, 2.75) is 13.3 Å². The number of rotatable bonds is 4. The zero-order chi connectivity index (χ0) is 17.9. The molecule has 0 amide bonds. The van der Waals surface area contributed by atoms with E-state index in [2.05, 4.69) is 4.74 Å². The third kappa shape index (κ3) is 3.75. The Bertz CT molecular complexity index is 796. The summed E-state index contributed by atoms with van der Waals surface area (Å²) in [6, 6.07) is 6.29. The third-order valence-corrected chi connectivity index (χ3v) is 3.35. The summed E-state index contributed by atoms with van der Waals surface area (Å²) in [6.07, 6.45) is -0.333. The van der Waals surface area contributed by atoms with Crippen LogP contribution in [0.15, 0.2) is 30.3 Å². The number of carbonyl (C=O) groups is 2. The number of phenols is 3. The predicted molar refractivity (Wildman–Crippen MR) is 83.3 cm³/mol. The molecule has 0 bridgehead atoms. The minimum atomic E-state index is -0.769. The van der Waals surface area contributed by atoms with E-state index in [9.17, 15) is 24.9 Å². The summed E-state index contributed by atoms with van der Waals surface area (Å²) in [5.41, 5.74) is 0.665. The Morgan fingerprint density at radius 3 is 2.38 bits per heavy atom. The Kier molecular flexibility index (Phi) is 4.93. The van der Waals surface area contributed by atoms with Gasteiger partial charge in [-0.2, -0.15) is 0 Å². The van der Waals surface area contributed by atoms with Crippen LogP contribution in [0.2, 0.25) is 0 Å². The number of hydrogen-bond donors (Lipinski definition) is 3. The highest BCUT2D eigenvalue weighted by molar-refractivity contribution is 5.92. The average molecular weight is 332 g/mol. The van der Waals surface area contributed by atoms with Gasteiger partial charge in [0.2, 0.25) is 0 Å². The molecular weight excluding hydrogens is 316 g/mol. The molecule has 0 fully saturated rings. The van der Waals surface area contributed by atoms with Gasteiger partial charge in [0.25, 0.3) is 0 Å². The van der Waals surface area contributed by atoms with E-state index < -0.39 is 17.7 Å². The second kappa shape index (κ2) is 6.91. The molecule has 0 atom stereocenters. The average Bonchev–Trinajstić information content (AvgIpc) is 2.52. The Balaban J connectivity index is 2.35. The number of ether oxygens (including phenoxy) is 2. The molecular formula is C17H16O7. The molecule has 2 aromatic carbocycles. The second-order valence-electron chi connectivity index (χ2n) is 5.09. The van der Waals surface area contributed by atoms with Crippen molar-refractivity contribution < 1.29 is 34.4 Å². The van der Waals surface area contributed by atoms with Gasteiger partial charge in [0, 0.05) is 17.7 Å². The van der Waals surface area contributed by atoms with Gasteiger partial charge in [-0.15, -0.1) is 0 Å². The highest BCUT2D eigenvalue weighted by atomic mass is 16.5. The predicted octanol–water partition coefficient (Wildman–Crippen LogP) is 2.05. The molecule has 126 valence electrons. The van der Waals surface area contributed by atoms with Crippen LogP contribution < -0.4 is 4.74 Å². The number of aromatic hydroxyl groups is 3. The summed E-state index contributed by atoms with van der Waals surface area (Å²) in [7, 11) is 1.19. The molecule has 3 N–H and O–H groups in total. The molecule has 0 aromatic heterocycles. The van der Waals surface area contributed by atoms with Crippen LogP contribution in [0.5, 0.6) is 23.0 Å². The van der Waals surface area contributed by atoms with Gasteiger partial charge in [0.1, 0.15) is 23.0 Å². The lowest BCUT2D eigenvalue weighted by molar-refractivity contribution is -0.139. The zero-order valence-corrected chi connectivity index (χ0v) is 13.1. The first-order valence-electron chi connectivity index (χ1n) is 6.95. The molecule has 0 aliphatic rings. The van der Waals surface area contributed by atoms with Gasteiger partial charge in [-0.3, -0.25) is 4.79 Å². The lowest BCUT2D eigenvalue weighted by Gasteiger charge is -2.12. The van der Waals surface area contributed by atoms with Gasteiger partial charge in [-0.05, 0) is 30.7 Å². The summed E-state index contributed by atoms with van der Waals surface area (Å²) in [6.45, 7) is 1.62. The van der Waals surface area contributed by atoms with E-state index in [1.807, 2.05) is 0 Å². The number of phenolic OH excluding ortho intramolecular Hbond substituents is 3. The maximum absolute atomic E-state index is 12.2. The van der Waals surface area contributed by atoms with E-state index in [0.29, 0.717) is 5.56 Å². The van der Waals surface area contributed by atoms with Crippen LogP contribution in [0.25, 0.3) is 0 Å². The van der Waals surface area contributed by atoms with Crippen molar-refractivity contribution in [3.05, 3.63) is 47.0 Å². The fourth-order valence-electron chi connectivity index (χ4n) is 2.04. The van der Waals surface area contributed by atoms with Gasteiger partial charge in [-0.1, -0.05) is 0 Å². The SMILES string of the molecule is COC(=O)Cc1c(O)cc(O)cc1OC(=O)c1ccc(O)c(C)c1. The number of hydrogen-bond acceptors (Lipinski definition) is 7. The normalized spacial score (nSPS) is 10.2. The maximum atomic E-state index is 12.2. The standard InChI is InChI=1S/C17H16O7/c1-9-5-10(3-4-13(9)19)17(22)24-15-7-11(18)6-14(20)12(15)8-16(21)23-2/h3-7,18-20H,8H2,1-2H3. The quantitative estimate of drug-likeness (QED) is 0.580. The van der Waals surface area contributed by atoms with E-state index in [-0.39, 0.29) is 34.8 Å². The fraction of sp³-hybridized carbons (Fsp3) is 0.176. The maximum Gasteiger partial charge on any atom is 0.343 e. The highest BCUT2D eigenvalue weighted by Gasteiger charge is 2.19. The molecule has 7 heteroatoms. The lowest BCUT2D eigenvalue weighted by atomic mass is 10.1. The van der Waals surface area contributed by atoms with Gasteiger partial charge in [0.05, 0.1) is 19.1 Å². The van der Waals surface area contributed by atoms with Crippen molar-refractivity contribution >= 4 is 11.9 Å². The van der Waals surface area contributed by atoms with Crippen molar-refractivity contribution in [3.63, 3.8) is 0 Å². The van der Waals surface area contributed by atoms with E-state index in [0.717, 1.165) is 12.1 Å². The summed E-state index contributed by atoms with van der Waals surface area (Å²) < 4.78 is 9.72. The first-order chi connectivity index (χ1) is 11.3. The van der Waals surface area contributed by atoms with Crippen molar-refractivity contribution in [2.24, 2.45) is 0 Å². The molecule has 0 saturated carbocycles. The molecule has 0 aliphatic heterocycles. The van der Waals surface area contributed by atoms with Gasteiger partial charge in [-0.25, -0.2) is 4.79 Å². The highest BCUT2D eigenvalue weighted by Crippen LogP contribution is 2.34. The van der Waals surface area contributed by atoms with Gasteiger partial charge in [0.15, 0.2) is 0 Å². The van der Waals surface area contributed by atoms with Crippen LogP contribution in [0.3, 0.4) is 0 Å². The summed E-state index contributed by atoms with van der Waals surface area (Å²) in [5, 5.41) is 29.0. The molecule has 0 heterocycles. The first-order valence-corrected chi connectivity index (χ1v) is 6.95. The van der Waals surface area contributed by atoms with Crippen LogP contribution >= 0.6 is 0 Å². The number of aryl methyl sites for hydroxylation is 1. The topological polar surface area (TPSA) is 113 Å². The largest absolute Gasteiger partial charge is 0.508 e. The smallest absolute Gasteiger partial charge is 0.343 e. The molecule has 0 radical (unpaired) electrons. The van der Waals surface area contributed by atoms with Crippen LogP contribution in [-0.2, 0) is 16.0 Å². The summed E-state index contributed by atoms with van der Waals surface area (Å²) >= 11 is 0. The van der Waals surface area contributed by atoms with Crippen molar-refractivity contribution in [1.82, 2.24) is 0 Å². The lowest BCUT2D eigenvalue weighted by Crippen LogP contribution is -2.12. The minimum Gasteiger partial charge on any atom is -0.508 e. The molecule has 0 aliphatic carbocycles. The minimum absolute atomic E-state index is 0.0171. The third-order valence-electron chi connectivity index (χ3n) is 3.35. The van der Waals surface area contributed by atoms with Crippen LogP contribution in [0.1, 0.15) is 21.5 Å². The van der Waals surface area contributed by atoms with E-state index in [1.165, 1.54) is 25.3 Å². The first kappa shape index (κ1) is 17.1. The molecule has 24 heavy (non-hydrogen) atoms. The summed E-state index contributed by atoms with van der Waals surface area (Å²) in [5.74, 6) is -2.26. The number of esters is 2. The Labute approximate surface area is 137 Å². The zero-order valence-electron chi connectivity index (χ0n) is 13.1. The molecule has 0 unspecified atom stereocenters. The summed E-state index contributed by atoms with van der Waals surface area (Å²) in [4.78, 5) is 23.7. The van der Waals surface area contributed by atoms with E-state index in [1.54, 1.807) is 6.92 Å². The van der Waals surface area contributed by atoms with Crippen molar-refractivity contribution in [1.29, 1.82) is 0 Å². The molecule has 0 spiro atoms. The molecule has 2 rings (SSSR count). The number of methoxy groups -OCH3 is 1. The van der Waals surface area contributed by atoms with Crippen LogP contribution in [0.4, 0.5) is 0 Å². The molecule has 0 saturated heterocycles. The number of carbonyl (C=O) groups excluding carboxylic acids is 2. The molecule has 2 aromatic rings. The fourth-order valence-corrected chi connectivity index (χ4v) is 2.04. The Morgan fingerprint density at radius 1 is 1.04 bits per heavy atom. The Morgan fingerprint density at radius 2 is 1.75 bits per heavy atom. The van der Waals surface area contributed by atoms with Crippen molar-refractivity contribution in [2.75, 3.05) is 7.11 Å². The van der Waals surface area contributed by atoms with Gasteiger partial charge >= 0.3 is 11.9 Å². The number of benzene rings is 2. The van der Waals surface area contributed by atoms with Crippen LogP contribution in [-0.4, -0.2) is 34.4 Å². The van der Waals surface area contributed by atoms with E-state index >= 15 is 0 Å². The van der Waals surface area contributed by atoms with Crippen LogP contribution in [0, 0.1) is 6.92 Å². The van der Waals surface area contributed by atoms with Crippen molar-refractivity contribution in [3.8, 4) is 23.0 Å². The van der Waals surface area contributed by atoms with E-state index in [4.69, 9.17) is 4.74 Å². The monoisotopic (exact) mass is 332 g/mol.